The van der Waals surface area contributed by atoms with Crippen molar-refractivity contribution in [3.05, 3.63) is 33.3 Å². The van der Waals surface area contributed by atoms with E-state index in [2.05, 4.69) is 15.9 Å². The summed E-state index contributed by atoms with van der Waals surface area (Å²) in [7, 11) is 0. The Balaban J connectivity index is 3.17. The topological polar surface area (TPSA) is 17.1 Å². The molecule has 0 fully saturated rings. The summed E-state index contributed by atoms with van der Waals surface area (Å²) < 4.78 is 1.08. The van der Waals surface area contributed by atoms with Gasteiger partial charge in [0.2, 0.25) is 0 Å². The van der Waals surface area contributed by atoms with Gasteiger partial charge in [0, 0.05) is 10.9 Å². The first kappa shape index (κ1) is 10.5. The number of benzene rings is 1. The maximum Gasteiger partial charge on any atom is 0.134 e. The smallest absolute Gasteiger partial charge is 0.134 e. The van der Waals surface area contributed by atoms with E-state index in [0.29, 0.717) is 6.42 Å². The highest BCUT2D eigenvalue weighted by Crippen LogP contribution is 2.23. The molecule has 1 rings (SSSR count). The second-order valence-electron chi connectivity index (χ2n) is 3.35. The molecule has 1 aromatic rings. The van der Waals surface area contributed by atoms with Crippen LogP contribution in [0.25, 0.3) is 0 Å². The zero-order valence-corrected chi connectivity index (χ0v) is 9.73. The van der Waals surface area contributed by atoms with Gasteiger partial charge in [-0.25, -0.2) is 0 Å². The third kappa shape index (κ3) is 2.41. The van der Waals surface area contributed by atoms with Crippen molar-refractivity contribution >= 4 is 21.7 Å². The molecule has 13 heavy (non-hydrogen) atoms. The minimum absolute atomic E-state index is 0.212. The number of hydrogen-bond acceptors (Lipinski definition) is 1. The Hall–Kier alpha value is -0.630. The molecule has 1 aromatic carbocycles. The van der Waals surface area contributed by atoms with Gasteiger partial charge >= 0.3 is 0 Å². The van der Waals surface area contributed by atoms with Crippen LogP contribution >= 0.6 is 15.9 Å². The van der Waals surface area contributed by atoms with Crippen LogP contribution in [-0.4, -0.2) is 5.78 Å². The molecule has 0 amide bonds. The fraction of sp³-hybridized carbons (Fsp3) is 0.364. The van der Waals surface area contributed by atoms with Gasteiger partial charge in [0.25, 0.3) is 0 Å². The van der Waals surface area contributed by atoms with E-state index in [1.807, 2.05) is 26.0 Å². The first-order valence-corrected chi connectivity index (χ1v) is 5.05. The highest BCUT2D eigenvalue weighted by molar-refractivity contribution is 9.10. The normalized spacial score (nSPS) is 10.2. The molecule has 0 aromatic heterocycles. The van der Waals surface area contributed by atoms with Crippen LogP contribution in [0.5, 0.6) is 0 Å². The van der Waals surface area contributed by atoms with Crippen LogP contribution in [0.1, 0.15) is 23.6 Å². The molecule has 0 aliphatic heterocycles. The maximum absolute atomic E-state index is 11.0. The Kier molecular flexibility index (Phi) is 3.26. The minimum Gasteiger partial charge on any atom is -0.300 e. The number of carbonyl (C=O) groups excluding carboxylic acids is 1. The zero-order valence-electron chi connectivity index (χ0n) is 8.15. The average Bonchev–Trinajstić information content (AvgIpc) is 2.05. The minimum atomic E-state index is 0.212. The molecule has 0 radical (unpaired) electrons. The predicted molar refractivity (Wildman–Crippen MR) is 58.0 cm³/mol. The van der Waals surface area contributed by atoms with E-state index in [1.165, 1.54) is 11.1 Å². The number of ketones is 1. The Morgan fingerprint density at radius 1 is 1.38 bits per heavy atom. The number of carbonyl (C=O) groups is 1. The maximum atomic E-state index is 11.0. The Bertz CT molecular complexity index is 342. The molecule has 0 bridgehead atoms. The van der Waals surface area contributed by atoms with Crippen LogP contribution in [0, 0.1) is 13.8 Å². The fourth-order valence-electron chi connectivity index (χ4n) is 1.38. The summed E-state index contributed by atoms with van der Waals surface area (Å²) in [6.07, 6.45) is 0.539. The number of halogens is 1. The van der Waals surface area contributed by atoms with Crippen LogP contribution in [0.15, 0.2) is 16.6 Å². The monoisotopic (exact) mass is 240 g/mol. The first-order chi connectivity index (χ1) is 6.02. The van der Waals surface area contributed by atoms with Crippen molar-refractivity contribution in [1.29, 1.82) is 0 Å². The lowest BCUT2D eigenvalue weighted by molar-refractivity contribution is -0.116. The molecule has 0 spiro atoms. The SMILES string of the molecule is CC(=O)Cc1c(C)ccc(Br)c1C. The summed E-state index contributed by atoms with van der Waals surface area (Å²) in [6.45, 7) is 5.70. The lowest BCUT2D eigenvalue weighted by Crippen LogP contribution is -2.01. The molecule has 0 aliphatic rings. The highest BCUT2D eigenvalue weighted by Gasteiger charge is 2.07. The molecule has 0 saturated carbocycles. The van der Waals surface area contributed by atoms with Gasteiger partial charge in [-0.1, -0.05) is 22.0 Å². The van der Waals surface area contributed by atoms with Gasteiger partial charge in [0.15, 0.2) is 0 Å². The molecular weight excluding hydrogens is 228 g/mol. The van der Waals surface area contributed by atoms with E-state index in [4.69, 9.17) is 0 Å². The van der Waals surface area contributed by atoms with Crippen molar-refractivity contribution in [3.8, 4) is 0 Å². The molecule has 0 atom stereocenters. The standard InChI is InChI=1S/C11H13BrO/c1-7-4-5-11(12)9(3)10(7)6-8(2)13/h4-5H,6H2,1-3H3. The van der Waals surface area contributed by atoms with Crippen molar-refractivity contribution in [1.82, 2.24) is 0 Å². The third-order valence-electron chi connectivity index (χ3n) is 2.19. The summed E-state index contributed by atoms with van der Waals surface area (Å²) in [4.78, 5) is 11.0. The number of Topliss-reactive ketones (excluding diaryl/α,β-unsaturated/α-hetero) is 1. The van der Waals surface area contributed by atoms with Gasteiger partial charge in [-0.15, -0.1) is 0 Å². The molecule has 0 unspecified atom stereocenters. The third-order valence-corrected chi connectivity index (χ3v) is 3.05. The van der Waals surface area contributed by atoms with Crippen LogP contribution in [0.3, 0.4) is 0 Å². The van der Waals surface area contributed by atoms with Gasteiger partial charge in [-0.3, -0.25) is 4.79 Å². The van der Waals surface area contributed by atoms with Gasteiger partial charge in [-0.05, 0) is 43.5 Å². The fourth-order valence-corrected chi connectivity index (χ4v) is 1.76. The molecule has 0 heterocycles. The van der Waals surface area contributed by atoms with Gasteiger partial charge in [0.05, 0.1) is 0 Å². The number of rotatable bonds is 2. The highest BCUT2D eigenvalue weighted by atomic mass is 79.9. The summed E-state index contributed by atoms with van der Waals surface area (Å²) in [5.74, 6) is 0.212. The van der Waals surface area contributed by atoms with E-state index >= 15 is 0 Å². The average molecular weight is 241 g/mol. The summed E-state index contributed by atoms with van der Waals surface area (Å²) in [5.41, 5.74) is 3.52. The molecule has 0 aliphatic carbocycles. The van der Waals surface area contributed by atoms with Crippen molar-refractivity contribution in [2.45, 2.75) is 27.2 Å². The van der Waals surface area contributed by atoms with Gasteiger partial charge in [0.1, 0.15) is 5.78 Å². The summed E-state index contributed by atoms with van der Waals surface area (Å²) in [5, 5.41) is 0. The Morgan fingerprint density at radius 3 is 2.54 bits per heavy atom. The first-order valence-electron chi connectivity index (χ1n) is 4.26. The van der Waals surface area contributed by atoms with Gasteiger partial charge in [-0.2, -0.15) is 0 Å². The van der Waals surface area contributed by atoms with E-state index in [0.717, 1.165) is 10.0 Å². The van der Waals surface area contributed by atoms with Crippen molar-refractivity contribution < 1.29 is 4.79 Å². The molecular formula is C11H13BrO. The van der Waals surface area contributed by atoms with Gasteiger partial charge < -0.3 is 0 Å². The largest absolute Gasteiger partial charge is 0.300 e. The summed E-state index contributed by atoms with van der Waals surface area (Å²) in [6, 6.07) is 4.06. The molecule has 1 nitrogen and oxygen atoms in total. The Labute approximate surface area is 87.3 Å². The molecule has 0 N–H and O–H groups in total. The predicted octanol–water partition coefficient (Wildman–Crippen LogP) is 3.20. The van der Waals surface area contributed by atoms with Crippen LogP contribution in [0.2, 0.25) is 0 Å². The lowest BCUT2D eigenvalue weighted by Gasteiger charge is -2.09. The van der Waals surface area contributed by atoms with E-state index in [-0.39, 0.29) is 5.78 Å². The summed E-state index contributed by atoms with van der Waals surface area (Å²) >= 11 is 3.46. The molecule has 0 saturated heterocycles. The zero-order chi connectivity index (χ0) is 10.0. The second-order valence-corrected chi connectivity index (χ2v) is 4.20. The van der Waals surface area contributed by atoms with Crippen LogP contribution < -0.4 is 0 Å². The van der Waals surface area contributed by atoms with Crippen LogP contribution in [-0.2, 0) is 11.2 Å². The van der Waals surface area contributed by atoms with E-state index in [1.54, 1.807) is 6.92 Å². The van der Waals surface area contributed by atoms with Crippen molar-refractivity contribution in [2.24, 2.45) is 0 Å². The number of aryl methyl sites for hydroxylation is 1. The van der Waals surface area contributed by atoms with Crippen LogP contribution in [0.4, 0.5) is 0 Å². The Morgan fingerprint density at radius 2 is 2.00 bits per heavy atom. The number of hydrogen-bond donors (Lipinski definition) is 0. The van der Waals surface area contributed by atoms with E-state index < -0.39 is 0 Å². The quantitative estimate of drug-likeness (QED) is 0.777. The lowest BCUT2D eigenvalue weighted by atomic mass is 9.99. The molecule has 70 valence electrons. The second kappa shape index (κ2) is 4.05. The molecule has 2 heteroatoms. The van der Waals surface area contributed by atoms with Crippen molar-refractivity contribution in [2.75, 3.05) is 0 Å². The van der Waals surface area contributed by atoms with Crippen molar-refractivity contribution in [3.63, 3.8) is 0 Å². The van der Waals surface area contributed by atoms with E-state index in [9.17, 15) is 4.79 Å².